The van der Waals surface area contributed by atoms with Crippen molar-refractivity contribution in [2.45, 2.75) is 0 Å². The normalized spacial score (nSPS) is 14.9. The molecule has 1 fully saturated rings. The lowest BCUT2D eigenvalue weighted by Crippen LogP contribution is -2.49. The van der Waals surface area contributed by atoms with Crippen LogP contribution in [0.2, 0.25) is 10.0 Å². The Morgan fingerprint density at radius 2 is 1.88 bits per heavy atom. The number of fused-ring (bicyclic) bond motifs is 1. The van der Waals surface area contributed by atoms with Gasteiger partial charge in [0.1, 0.15) is 6.33 Å². The Morgan fingerprint density at radius 3 is 2.62 bits per heavy atom. The molecule has 0 bridgehead atoms. The molecule has 1 amide bonds. The van der Waals surface area contributed by atoms with E-state index in [1.54, 1.807) is 34.8 Å². The molecule has 0 aliphatic carbocycles. The number of amides is 1. The zero-order valence-corrected chi connectivity index (χ0v) is 15.4. The van der Waals surface area contributed by atoms with E-state index in [-0.39, 0.29) is 5.91 Å². The number of carbonyl (C=O) groups is 1. The molecule has 0 unspecified atom stereocenters. The van der Waals surface area contributed by atoms with E-state index in [1.165, 1.54) is 6.33 Å². The molecule has 10 heteroatoms. The highest BCUT2D eigenvalue weighted by atomic mass is 35.5. The van der Waals surface area contributed by atoms with Gasteiger partial charge in [0.2, 0.25) is 0 Å². The average molecular weight is 392 g/mol. The number of carbonyl (C=O) groups excluding carboxylic acids is 1. The van der Waals surface area contributed by atoms with Crippen LogP contribution >= 0.6 is 23.2 Å². The van der Waals surface area contributed by atoms with Gasteiger partial charge < -0.3 is 9.80 Å². The van der Waals surface area contributed by atoms with Gasteiger partial charge in [-0.15, -0.1) is 5.10 Å². The van der Waals surface area contributed by atoms with Crippen molar-refractivity contribution in [3.63, 3.8) is 0 Å². The van der Waals surface area contributed by atoms with Gasteiger partial charge in [-0.3, -0.25) is 4.79 Å². The number of rotatable bonds is 2. The molecular weight excluding hydrogens is 377 g/mol. The molecule has 0 radical (unpaired) electrons. The molecule has 8 nitrogen and oxygen atoms in total. The molecule has 0 saturated carbocycles. The molecule has 0 spiro atoms. The van der Waals surface area contributed by atoms with Crippen LogP contribution in [0.4, 0.5) is 5.82 Å². The van der Waals surface area contributed by atoms with Crippen molar-refractivity contribution >= 4 is 46.1 Å². The molecule has 26 heavy (non-hydrogen) atoms. The first-order chi connectivity index (χ1) is 12.5. The third kappa shape index (κ3) is 2.95. The number of aromatic nitrogens is 5. The van der Waals surface area contributed by atoms with Crippen molar-refractivity contribution in [2.24, 2.45) is 7.05 Å². The molecule has 1 aromatic carbocycles. The van der Waals surface area contributed by atoms with Crippen LogP contribution in [0.15, 0.2) is 24.5 Å². The highest BCUT2D eigenvalue weighted by molar-refractivity contribution is 6.36. The Morgan fingerprint density at radius 1 is 1.12 bits per heavy atom. The SMILES string of the molecule is Cn1nnc2c(N3CCN(C(=O)c4ccc(Cl)cc4Cl)CC3)ncnc21. The van der Waals surface area contributed by atoms with Crippen LogP contribution < -0.4 is 4.90 Å². The van der Waals surface area contributed by atoms with Gasteiger partial charge in [0, 0.05) is 38.2 Å². The fraction of sp³-hybridized carbons (Fsp3) is 0.312. The largest absolute Gasteiger partial charge is 0.351 e. The Kier molecular flexibility index (Phi) is 4.37. The van der Waals surface area contributed by atoms with Crippen molar-refractivity contribution in [2.75, 3.05) is 31.1 Å². The second kappa shape index (κ2) is 6.69. The molecule has 1 aliphatic rings. The summed E-state index contributed by atoms with van der Waals surface area (Å²) in [6.07, 6.45) is 1.51. The lowest BCUT2D eigenvalue weighted by atomic mass is 10.1. The fourth-order valence-electron chi connectivity index (χ4n) is 3.03. The van der Waals surface area contributed by atoms with E-state index in [0.29, 0.717) is 53.0 Å². The Labute approximate surface area is 159 Å². The summed E-state index contributed by atoms with van der Waals surface area (Å²) in [5.74, 6) is 0.637. The van der Waals surface area contributed by atoms with E-state index in [2.05, 4.69) is 25.2 Å². The highest BCUT2D eigenvalue weighted by Gasteiger charge is 2.26. The summed E-state index contributed by atoms with van der Waals surface area (Å²) in [6, 6.07) is 4.91. The number of anilines is 1. The third-order valence-electron chi connectivity index (χ3n) is 4.40. The van der Waals surface area contributed by atoms with E-state index >= 15 is 0 Å². The zero-order chi connectivity index (χ0) is 18.3. The van der Waals surface area contributed by atoms with Gasteiger partial charge in [-0.2, -0.15) is 0 Å². The van der Waals surface area contributed by atoms with Crippen LogP contribution in [0.5, 0.6) is 0 Å². The van der Waals surface area contributed by atoms with Crippen molar-refractivity contribution < 1.29 is 4.79 Å². The van der Waals surface area contributed by atoms with Crippen LogP contribution in [-0.2, 0) is 7.05 Å². The monoisotopic (exact) mass is 391 g/mol. The third-order valence-corrected chi connectivity index (χ3v) is 4.94. The molecule has 1 aliphatic heterocycles. The Bertz CT molecular complexity index is 982. The minimum absolute atomic E-state index is 0.0985. The van der Waals surface area contributed by atoms with Gasteiger partial charge in [0.15, 0.2) is 17.0 Å². The maximum Gasteiger partial charge on any atom is 0.255 e. The van der Waals surface area contributed by atoms with Crippen LogP contribution in [0.1, 0.15) is 10.4 Å². The summed E-state index contributed by atoms with van der Waals surface area (Å²) in [7, 11) is 1.79. The van der Waals surface area contributed by atoms with Crippen molar-refractivity contribution in [3.8, 4) is 0 Å². The zero-order valence-electron chi connectivity index (χ0n) is 13.9. The fourth-order valence-corrected chi connectivity index (χ4v) is 3.52. The minimum Gasteiger partial charge on any atom is -0.351 e. The second-order valence-electron chi connectivity index (χ2n) is 5.99. The molecule has 2 aromatic heterocycles. The first-order valence-corrected chi connectivity index (χ1v) is 8.80. The van der Waals surface area contributed by atoms with Gasteiger partial charge in [-0.25, -0.2) is 14.6 Å². The second-order valence-corrected chi connectivity index (χ2v) is 6.83. The molecule has 3 heterocycles. The first-order valence-electron chi connectivity index (χ1n) is 8.04. The maximum absolute atomic E-state index is 12.7. The summed E-state index contributed by atoms with van der Waals surface area (Å²) in [5, 5.41) is 9.02. The minimum atomic E-state index is -0.0985. The van der Waals surface area contributed by atoms with Crippen LogP contribution in [0.25, 0.3) is 11.2 Å². The predicted molar refractivity (Wildman–Crippen MR) is 98.7 cm³/mol. The summed E-state index contributed by atoms with van der Waals surface area (Å²) < 4.78 is 1.61. The van der Waals surface area contributed by atoms with Gasteiger partial charge in [-0.1, -0.05) is 28.4 Å². The smallest absolute Gasteiger partial charge is 0.255 e. The van der Waals surface area contributed by atoms with Crippen molar-refractivity contribution in [3.05, 3.63) is 40.1 Å². The number of hydrogen-bond donors (Lipinski definition) is 0. The van der Waals surface area contributed by atoms with Gasteiger partial charge in [0.25, 0.3) is 5.91 Å². The molecule has 0 N–H and O–H groups in total. The van der Waals surface area contributed by atoms with Crippen LogP contribution in [0.3, 0.4) is 0 Å². The summed E-state index contributed by atoms with van der Waals surface area (Å²) in [6.45, 7) is 2.40. The van der Waals surface area contributed by atoms with Gasteiger partial charge >= 0.3 is 0 Å². The van der Waals surface area contributed by atoms with E-state index in [9.17, 15) is 4.79 Å². The maximum atomic E-state index is 12.7. The number of halogens is 2. The van der Waals surface area contributed by atoms with E-state index in [0.717, 1.165) is 5.82 Å². The molecule has 1 saturated heterocycles. The number of nitrogens with zero attached hydrogens (tertiary/aromatic N) is 7. The van der Waals surface area contributed by atoms with E-state index in [1.807, 2.05) is 0 Å². The summed E-state index contributed by atoms with van der Waals surface area (Å²) in [4.78, 5) is 25.1. The molecular formula is C16H15Cl2N7O. The molecule has 134 valence electrons. The molecule has 4 rings (SSSR count). The predicted octanol–water partition coefficient (Wildman–Crippen LogP) is 2.03. The quantitative estimate of drug-likeness (QED) is 0.664. The number of piperazine rings is 1. The van der Waals surface area contributed by atoms with Crippen LogP contribution in [-0.4, -0.2) is 61.9 Å². The van der Waals surface area contributed by atoms with E-state index < -0.39 is 0 Å². The molecule has 3 aromatic rings. The van der Waals surface area contributed by atoms with Gasteiger partial charge in [0.05, 0.1) is 10.6 Å². The lowest BCUT2D eigenvalue weighted by Gasteiger charge is -2.35. The van der Waals surface area contributed by atoms with Crippen molar-refractivity contribution in [1.82, 2.24) is 29.9 Å². The van der Waals surface area contributed by atoms with Crippen LogP contribution in [0, 0.1) is 0 Å². The van der Waals surface area contributed by atoms with Crippen molar-refractivity contribution in [1.29, 1.82) is 0 Å². The summed E-state index contributed by atoms with van der Waals surface area (Å²) in [5.41, 5.74) is 1.81. The molecule has 0 atom stereocenters. The first kappa shape index (κ1) is 17.0. The average Bonchev–Trinajstić information content (AvgIpc) is 3.03. The van der Waals surface area contributed by atoms with Gasteiger partial charge in [-0.05, 0) is 18.2 Å². The Hall–Kier alpha value is -2.45. The van der Waals surface area contributed by atoms with E-state index in [4.69, 9.17) is 23.2 Å². The topological polar surface area (TPSA) is 80.0 Å². The number of benzene rings is 1. The summed E-state index contributed by atoms with van der Waals surface area (Å²) >= 11 is 12.1. The highest BCUT2D eigenvalue weighted by Crippen LogP contribution is 2.24. The number of hydrogen-bond acceptors (Lipinski definition) is 6. The standard InChI is InChI=1S/C16H15Cl2N7O/c1-23-14-13(21-22-23)15(20-9-19-14)24-4-6-25(7-5-24)16(26)11-3-2-10(17)8-12(11)18/h2-3,8-9H,4-7H2,1H3. The lowest BCUT2D eigenvalue weighted by molar-refractivity contribution is 0.0747. The number of aryl methyl sites for hydroxylation is 1. The Balaban J connectivity index is 1.51.